The van der Waals surface area contributed by atoms with Crippen molar-refractivity contribution < 1.29 is 0 Å². The number of nitrogens with zero attached hydrogens (tertiary/aromatic N) is 1. The lowest BCUT2D eigenvalue weighted by Gasteiger charge is -2.36. The monoisotopic (exact) mass is 270 g/mol. The number of amidine groups is 1. The Hall–Kier alpha value is -0.180. The topological polar surface area (TPSA) is 24.4 Å². The second-order valence-corrected chi connectivity index (χ2v) is 8.70. The highest BCUT2D eigenvalue weighted by Crippen LogP contribution is 2.29. The molecule has 1 saturated heterocycles. The van der Waals surface area contributed by atoms with Crippen LogP contribution in [0.4, 0.5) is 0 Å². The zero-order valence-electron chi connectivity index (χ0n) is 13.1. The SMILES string of the molecule is CC(CN=C1NC(C(C)(C)C)CCS1)C(C)(C)C. The second-order valence-electron chi connectivity index (χ2n) is 7.61. The summed E-state index contributed by atoms with van der Waals surface area (Å²) in [5.41, 5.74) is 0.657. The average molecular weight is 270 g/mol. The van der Waals surface area contributed by atoms with Gasteiger partial charge in [-0.3, -0.25) is 4.99 Å². The lowest BCUT2D eigenvalue weighted by Crippen LogP contribution is -2.46. The molecular weight excluding hydrogens is 240 g/mol. The van der Waals surface area contributed by atoms with E-state index in [1.165, 1.54) is 12.2 Å². The van der Waals surface area contributed by atoms with Crippen LogP contribution in [-0.4, -0.2) is 23.5 Å². The first-order valence-electron chi connectivity index (χ1n) is 7.04. The van der Waals surface area contributed by atoms with Gasteiger partial charge in [0.15, 0.2) is 5.17 Å². The summed E-state index contributed by atoms with van der Waals surface area (Å²) in [6, 6.07) is 0.558. The molecule has 0 aromatic rings. The van der Waals surface area contributed by atoms with E-state index >= 15 is 0 Å². The molecule has 1 rings (SSSR count). The molecule has 2 nitrogen and oxygen atoms in total. The van der Waals surface area contributed by atoms with Crippen molar-refractivity contribution >= 4 is 16.9 Å². The highest BCUT2D eigenvalue weighted by molar-refractivity contribution is 8.13. The van der Waals surface area contributed by atoms with Gasteiger partial charge in [0.1, 0.15) is 0 Å². The maximum Gasteiger partial charge on any atom is 0.156 e. The Morgan fingerprint density at radius 1 is 1.28 bits per heavy atom. The van der Waals surface area contributed by atoms with E-state index in [9.17, 15) is 0 Å². The molecule has 1 aliphatic rings. The van der Waals surface area contributed by atoms with Crippen molar-refractivity contribution in [3.05, 3.63) is 0 Å². The van der Waals surface area contributed by atoms with Crippen LogP contribution in [0.3, 0.4) is 0 Å². The van der Waals surface area contributed by atoms with Gasteiger partial charge in [0, 0.05) is 18.3 Å². The molecule has 0 saturated carbocycles. The highest BCUT2D eigenvalue weighted by Gasteiger charge is 2.28. The molecule has 0 aromatic heterocycles. The van der Waals surface area contributed by atoms with Crippen LogP contribution in [0, 0.1) is 16.7 Å². The molecule has 2 unspecified atom stereocenters. The van der Waals surface area contributed by atoms with Crippen LogP contribution < -0.4 is 5.32 Å². The lowest BCUT2D eigenvalue weighted by molar-refractivity contribution is 0.268. The molecule has 1 heterocycles. The summed E-state index contributed by atoms with van der Waals surface area (Å²) in [5.74, 6) is 1.81. The Labute approximate surface area is 117 Å². The van der Waals surface area contributed by atoms with Gasteiger partial charge in [-0.15, -0.1) is 0 Å². The summed E-state index contributed by atoms with van der Waals surface area (Å²) >= 11 is 1.87. The van der Waals surface area contributed by atoms with Gasteiger partial charge in [-0.1, -0.05) is 60.2 Å². The number of hydrogen-bond acceptors (Lipinski definition) is 2. The maximum absolute atomic E-state index is 4.78. The fourth-order valence-electron chi connectivity index (χ4n) is 1.77. The van der Waals surface area contributed by atoms with Crippen LogP contribution in [0.15, 0.2) is 4.99 Å². The van der Waals surface area contributed by atoms with Gasteiger partial charge in [0.25, 0.3) is 0 Å². The van der Waals surface area contributed by atoms with Crippen molar-refractivity contribution in [3.63, 3.8) is 0 Å². The molecule has 2 atom stereocenters. The van der Waals surface area contributed by atoms with Gasteiger partial charge in [-0.05, 0) is 23.2 Å². The molecule has 106 valence electrons. The van der Waals surface area contributed by atoms with E-state index in [2.05, 4.69) is 53.8 Å². The smallest absolute Gasteiger partial charge is 0.156 e. The zero-order chi connectivity index (χ0) is 14.0. The van der Waals surface area contributed by atoms with Gasteiger partial charge in [-0.2, -0.15) is 0 Å². The van der Waals surface area contributed by atoms with Crippen molar-refractivity contribution in [1.29, 1.82) is 0 Å². The van der Waals surface area contributed by atoms with Gasteiger partial charge >= 0.3 is 0 Å². The Balaban J connectivity index is 2.57. The molecule has 0 radical (unpaired) electrons. The predicted octanol–water partition coefficient (Wildman–Crippen LogP) is 4.17. The van der Waals surface area contributed by atoms with E-state index in [1.54, 1.807) is 0 Å². The van der Waals surface area contributed by atoms with E-state index in [1.807, 2.05) is 11.8 Å². The van der Waals surface area contributed by atoms with Crippen molar-refractivity contribution in [2.24, 2.45) is 21.7 Å². The third kappa shape index (κ3) is 4.83. The van der Waals surface area contributed by atoms with Crippen molar-refractivity contribution in [2.75, 3.05) is 12.3 Å². The maximum atomic E-state index is 4.78. The summed E-state index contributed by atoms with van der Waals surface area (Å²) in [6.45, 7) is 17.0. The minimum absolute atomic E-state index is 0.317. The standard InChI is InChI=1S/C15H30N2S/c1-11(14(2,3)4)10-16-13-17-12(8-9-18-13)15(5,6)7/h11-12H,8-10H2,1-7H3,(H,16,17). The number of thioether (sulfide) groups is 1. The van der Waals surface area contributed by atoms with Crippen molar-refractivity contribution in [3.8, 4) is 0 Å². The largest absolute Gasteiger partial charge is 0.362 e. The van der Waals surface area contributed by atoms with Crippen LogP contribution >= 0.6 is 11.8 Å². The first-order valence-corrected chi connectivity index (χ1v) is 8.03. The fraction of sp³-hybridized carbons (Fsp3) is 0.933. The zero-order valence-corrected chi connectivity index (χ0v) is 13.9. The molecule has 0 spiro atoms. The summed E-state index contributed by atoms with van der Waals surface area (Å²) in [6.07, 6.45) is 1.24. The Morgan fingerprint density at radius 3 is 2.39 bits per heavy atom. The van der Waals surface area contributed by atoms with E-state index < -0.39 is 0 Å². The molecule has 0 amide bonds. The molecule has 0 bridgehead atoms. The van der Waals surface area contributed by atoms with Crippen LogP contribution in [0.5, 0.6) is 0 Å². The number of nitrogens with one attached hydrogen (secondary N) is 1. The molecule has 1 fully saturated rings. The highest BCUT2D eigenvalue weighted by atomic mass is 32.2. The summed E-state index contributed by atoms with van der Waals surface area (Å²) < 4.78 is 0. The van der Waals surface area contributed by atoms with Crippen LogP contribution in [0.1, 0.15) is 54.9 Å². The number of rotatable bonds is 2. The molecule has 1 N–H and O–H groups in total. The molecule has 3 heteroatoms. The van der Waals surface area contributed by atoms with Crippen LogP contribution in [0.2, 0.25) is 0 Å². The van der Waals surface area contributed by atoms with Gasteiger partial charge in [0.05, 0.1) is 0 Å². The first kappa shape index (κ1) is 15.9. The summed E-state index contributed by atoms with van der Waals surface area (Å²) in [4.78, 5) is 4.78. The van der Waals surface area contributed by atoms with Crippen molar-refractivity contribution in [2.45, 2.75) is 60.9 Å². The Bertz CT molecular complexity index is 297. The van der Waals surface area contributed by atoms with Crippen LogP contribution in [0.25, 0.3) is 0 Å². The molecule has 18 heavy (non-hydrogen) atoms. The van der Waals surface area contributed by atoms with Crippen molar-refractivity contribution in [1.82, 2.24) is 5.32 Å². The normalized spacial score (nSPS) is 25.9. The van der Waals surface area contributed by atoms with E-state index in [0.717, 1.165) is 11.7 Å². The van der Waals surface area contributed by atoms with E-state index in [0.29, 0.717) is 22.8 Å². The average Bonchev–Trinajstić information content (AvgIpc) is 2.23. The first-order chi connectivity index (χ1) is 8.10. The molecule has 0 aliphatic carbocycles. The minimum Gasteiger partial charge on any atom is -0.362 e. The minimum atomic E-state index is 0.317. The molecular formula is C15H30N2S. The Kier molecular flexibility index (Phi) is 5.16. The lowest BCUT2D eigenvalue weighted by atomic mass is 9.82. The molecule has 0 aromatic carbocycles. The molecule has 1 aliphatic heterocycles. The van der Waals surface area contributed by atoms with Crippen LogP contribution in [-0.2, 0) is 0 Å². The van der Waals surface area contributed by atoms with E-state index in [-0.39, 0.29) is 0 Å². The summed E-state index contributed by atoms with van der Waals surface area (Å²) in [7, 11) is 0. The van der Waals surface area contributed by atoms with Gasteiger partial charge < -0.3 is 5.32 Å². The number of hydrogen-bond donors (Lipinski definition) is 1. The third-order valence-corrected chi connectivity index (χ3v) is 4.94. The quantitative estimate of drug-likeness (QED) is 0.814. The predicted molar refractivity (Wildman–Crippen MR) is 84.4 cm³/mol. The van der Waals surface area contributed by atoms with Gasteiger partial charge in [-0.25, -0.2) is 0 Å². The fourth-order valence-corrected chi connectivity index (χ4v) is 2.71. The number of aliphatic imine (C=N–C) groups is 1. The third-order valence-electron chi connectivity index (χ3n) is 3.98. The Morgan fingerprint density at radius 2 is 1.89 bits per heavy atom. The second kappa shape index (κ2) is 5.85. The van der Waals surface area contributed by atoms with Gasteiger partial charge in [0.2, 0.25) is 0 Å². The van der Waals surface area contributed by atoms with E-state index in [4.69, 9.17) is 4.99 Å². The summed E-state index contributed by atoms with van der Waals surface area (Å²) in [5, 5.41) is 4.76.